The van der Waals surface area contributed by atoms with Crippen LogP contribution in [0.25, 0.3) is 0 Å². The summed E-state index contributed by atoms with van der Waals surface area (Å²) in [5, 5.41) is 3.22. The second-order valence-electron chi connectivity index (χ2n) is 4.45. The Morgan fingerprint density at radius 2 is 2.38 bits per heavy atom. The summed E-state index contributed by atoms with van der Waals surface area (Å²) in [5.74, 6) is 0.463. The maximum atomic E-state index is 11.6. The first kappa shape index (κ1) is 11.2. The number of rotatable bonds is 3. The zero-order chi connectivity index (χ0) is 11.5. The van der Waals surface area contributed by atoms with Crippen LogP contribution in [-0.4, -0.2) is 23.8 Å². The summed E-state index contributed by atoms with van der Waals surface area (Å²) < 4.78 is 7.69. The molecule has 2 rings (SSSR count). The molecule has 2 heterocycles. The molecule has 0 aliphatic carbocycles. The first-order valence-corrected chi connectivity index (χ1v) is 5.76. The van der Waals surface area contributed by atoms with Crippen LogP contribution in [0.3, 0.4) is 0 Å². The molecule has 0 aromatic carbocycles. The van der Waals surface area contributed by atoms with E-state index < -0.39 is 0 Å². The fourth-order valence-electron chi connectivity index (χ4n) is 1.80. The molecule has 1 fully saturated rings. The normalized spacial score (nSPS) is 20.3. The van der Waals surface area contributed by atoms with Gasteiger partial charge in [-0.2, -0.15) is 0 Å². The molecule has 16 heavy (non-hydrogen) atoms. The molecule has 0 bridgehead atoms. The molecule has 0 spiro atoms. The van der Waals surface area contributed by atoms with Crippen LogP contribution in [0, 0.1) is 0 Å². The highest BCUT2D eigenvalue weighted by Crippen LogP contribution is 2.12. The minimum Gasteiger partial charge on any atom is -0.483 e. The Morgan fingerprint density at radius 1 is 1.56 bits per heavy atom. The van der Waals surface area contributed by atoms with E-state index in [9.17, 15) is 4.79 Å². The number of pyridine rings is 1. The molecule has 1 aromatic rings. The molecule has 0 saturated carbocycles. The van der Waals surface area contributed by atoms with Gasteiger partial charge in [-0.25, -0.2) is 0 Å². The van der Waals surface area contributed by atoms with Gasteiger partial charge in [0.2, 0.25) is 5.43 Å². The summed E-state index contributed by atoms with van der Waals surface area (Å²) in [5.41, 5.74) is -0.0381. The number of nitrogens with one attached hydrogen (secondary N) is 1. The highest BCUT2D eigenvalue weighted by atomic mass is 16.5. The lowest BCUT2D eigenvalue weighted by Gasteiger charge is -2.15. The van der Waals surface area contributed by atoms with Crippen molar-refractivity contribution in [1.82, 2.24) is 9.88 Å². The molecule has 1 unspecified atom stereocenters. The highest BCUT2D eigenvalue weighted by Gasteiger charge is 2.17. The van der Waals surface area contributed by atoms with Crippen molar-refractivity contribution in [1.29, 1.82) is 0 Å². The van der Waals surface area contributed by atoms with Gasteiger partial charge in [0, 0.05) is 24.8 Å². The van der Waals surface area contributed by atoms with Gasteiger partial charge in [-0.05, 0) is 26.8 Å². The Hall–Kier alpha value is -1.29. The van der Waals surface area contributed by atoms with Gasteiger partial charge in [-0.1, -0.05) is 0 Å². The van der Waals surface area contributed by atoms with Crippen LogP contribution >= 0.6 is 0 Å². The summed E-state index contributed by atoms with van der Waals surface area (Å²) in [6.07, 6.45) is 4.70. The van der Waals surface area contributed by atoms with E-state index in [1.54, 1.807) is 18.5 Å². The first-order chi connectivity index (χ1) is 7.66. The van der Waals surface area contributed by atoms with Gasteiger partial charge in [-0.3, -0.25) is 4.79 Å². The molecule has 0 amide bonds. The molecular weight excluding hydrogens is 204 g/mol. The number of hydrogen-bond acceptors (Lipinski definition) is 3. The Bertz CT molecular complexity index is 406. The van der Waals surface area contributed by atoms with Gasteiger partial charge in [0.1, 0.15) is 6.10 Å². The number of nitrogens with zero attached hydrogens (tertiary/aromatic N) is 1. The van der Waals surface area contributed by atoms with E-state index in [4.69, 9.17) is 4.74 Å². The van der Waals surface area contributed by atoms with E-state index in [0.29, 0.717) is 11.8 Å². The SMILES string of the molecule is CC(C)n1ccc(=O)c(OC2CCNC2)c1. The van der Waals surface area contributed by atoms with Gasteiger partial charge in [0.25, 0.3) is 0 Å². The van der Waals surface area contributed by atoms with Crippen molar-refractivity contribution in [3.8, 4) is 5.75 Å². The van der Waals surface area contributed by atoms with Crippen molar-refractivity contribution in [2.45, 2.75) is 32.4 Å². The molecule has 1 N–H and O–H groups in total. The largest absolute Gasteiger partial charge is 0.483 e. The van der Waals surface area contributed by atoms with Crippen LogP contribution in [0.4, 0.5) is 0 Å². The van der Waals surface area contributed by atoms with Gasteiger partial charge >= 0.3 is 0 Å². The monoisotopic (exact) mass is 222 g/mol. The van der Waals surface area contributed by atoms with E-state index >= 15 is 0 Å². The van der Waals surface area contributed by atoms with E-state index in [0.717, 1.165) is 19.5 Å². The summed E-state index contributed by atoms with van der Waals surface area (Å²) in [6.45, 7) is 5.95. The maximum Gasteiger partial charge on any atom is 0.223 e. The zero-order valence-corrected chi connectivity index (χ0v) is 9.77. The predicted molar refractivity (Wildman–Crippen MR) is 63.0 cm³/mol. The molecule has 1 aliphatic heterocycles. The summed E-state index contributed by atoms with van der Waals surface area (Å²) >= 11 is 0. The van der Waals surface area contributed by atoms with E-state index in [2.05, 4.69) is 19.2 Å². The number of aromatic nitrogens is 1. The van der Waals surface area contributed by atoms with Gasteiger partial charge in [-0.15, -0.1) is 0 Å². The van der Waals surface area contributed by atoms with Crippen LogP contribution in [0.1, 0.15) is 26.3 Å². The van der Waals surface area contributed by atoms with E-state index in [1.165, 1.54) is 0 Å². The summed E-state index contributed by atoms with van der Waals surface area (Å²) in [6, 6.07) is 1.90. The van der Waals surface area contributed by atoms with Gasteiger partial charge in [0.05, 0.1) is 6.20 Å². The van der Waals surface area contributed by atoms with E-state index in [1.807, 2.05) is 4.57 Å². The average Bonchev–Trinajstić information content (AvgIpc) is 2.73. The fourth-order valence-corrected chi connectivity index (χ4v) is 1.80. The van der Waals surface area contributed by atoms with Crippen LogP contribution in [0.15, 0.2) is 23.3 Å². The Labute approximate surface area is 95.2 Å². The quantitative estimate of drug-likeness (QED) is 0.835. The fraction of sp³-hybridized carbons (Fsp3) is 0.583. The molecule has 4 nitrogen and oxygen atoms in total. The van der Waals surface area contributed by atoms with Crippen molar-refractivity contribution in [2.24, 2.45) is 0 Å². The predicted octanol–water partition coefficient (Wildman–Crippen LogP) is 1.17. The van der Waals surface area contributed by atoms with Crippen molar-refractivity contribution in [3.05, 3.63) is 28.7 Å². The van der Waals surface area contributed by atoms with E-state index in [-0.39, 0.29) is 11.5 Å². The Morgan fingerprint density at radius 3 is 3.00 bits per heavy atom. The summed E-state index contributed by atoms with van der Waals surface area (Å²) in [7, 11) is 0. The minimum atomic E-state index is -0.0381. The molecule has 88 valence electrons. The Balaban J connectivity index is 2.18. The molecular formula is C12H18N2O2. The minimum absolute atomic E-state index is 0.0381. The lowest BCUT2D eigenvalue weighted by molar-refractivity contribution is 0.218. The van der Waals surface area contributed by atoms with Gasteiger partial charge in [0.15, 0.2) is 5.75 Å². The van der Waals surface area contributed by atoms with Crippen molar-refractivity contribution < 1.29 is 4.74 Å². The van der Waals surface area contributed by atoms with Crippen molar-refractivity contribution >= 4 is 0 Å². The molecule has 1 aliphatic rings. The molecule has 1 atom stereocenters. The van der Waals surface area contributed by atoms with Crippen LogP contribution in [0.2, 0.25) is 0 Å². The number of ether oxygens (including phenoxy) is 1. The highest BCUT2D eigenvalue weighted by molar-refractivity contribution is 5.18. The lowest BCUT2D eigenvalue weighted by atomic mass is 10.3. The third kappa shape index (κ3) is 2.44. The zero-order valence-electron chi connectivity index (χ0n) is 9.77. The van der Waals surface area contributed by atoms with Crippen LogP contribution in [0.5, 0.6) is 5.75 Å². The standard InChI is InChI=1S/C12H18N2O2/c1-9(2)14-6-4-11(15)12(8-14)16-10-3-5-13-7-10/h4,6,8-10,13H,3,5,7H2,1-2H3. The molecule has 1 aromatic heterocycles. The summed E-state index contributed by atoms with van der Waals surface area (Å²) in [4.78, 5) is 11.6. The first-order valence-electron chi connectivity index (χ1n) is 5.76. The smallest absolute Gasteiger partial charge is 0.223 e. The average molecular weight is 222 g/mol. The third-order valence-electron chi connectivity index (χ3n) is 2.81. The Kier molecular flexibility index (Phi) is 3.29. The second kappa shape index (κ2) is 4.70. The molecule has 1 saturated heterocycles. The number of hydrogen-bond donors (Lipinski definition) is 1. The molecule has 4 heteroatoms. The van der Waals surface area contributed by atoms with Crippen molar-refractivity contribution in [3.63, 3.8) is 0 Å². The maximum absolute atomic E-state index is 11.6. The van der Waals surface area contributed by atoms with Crippen molar-refractivity contribution in [2.75, 3.05) is 13.1 Å². The third-order valence-corrected chi connectivity index (χ3v) is 2.81. The van der Waals surface area contributed by atoms with Crippen LogP contribution in [-0.2, 0) is 0 Å². The topological polar surface area (TPSA) is 43.3 Å². The second-order valence-corrected chi connectivity index (χ2v) is 4.45. The van der Waals surface area contributed by atoms with Gasteiger partial charge < -0.3 is 14.6 Å². The molecule has 0 radical (unpaired) electrons. The lowest BCUT2D eigenvalue weighted by Crippen LogP contribution is -2.23. The van der Waals surface area contributed by atoms with Crippen LogP contribution < -0.4 is 15.5 Å².